The van der Waals surface area contributed by atoms with Crippen LogP contribution in [0.2, 0.25) is 0 Å². The van der Waals surface area contributed by atoms with Crippen molar-refractivity contribution in [3.8, 4) is 50.6 Å². The number of ether oxygens (including phenoxy) is 8. The average molecular weight is 2020 g/mol. The third kappa shape index (κ3) is 24.1. The van der Waals surface area contributed by atoms with Crippen LogP contribution in [0.15, 0.2) is 105 Å². The number of esters is 2. The van der Waals surface area contributed by atoms with Crippen molar-refractivity contribution in [2.24, 2.45) is 21.1 Å². The number of halogens is 15. The second-order valence-corrected chi connectivity index (χ2v) is 34.7. The van der Waals surface area contributed by atoms with Crippen molar-refractivity contribution in [2.75, 3.05) is 108 Å². The normalized spacial score (nSPS) is 16.7. The van der Waals surface area contributed by atoms with Crippen molar-refractivity contribution < 1.29 is 167 Å². The van der Waals surface area contributed by atoms with E-state index >= 15 is 26.3 Å². The number of carboxylic acid groups (broad SMARTS) is 1. The summed E-state index contributed by atoms with van der Waals surface area (Å²) in [4.78, 5) is 122. The molecule has 3 saturated heterocycles. The van der Waals surface area contributed by atoms with E-state index in [1.807, 2.05) is 20.8 Å². The zero-order valence-corrected chi connectivity index (χ0v) is 79.7. The molecule has 6 aliphatic rings. The predicted octanol–water partition coefficient (Wildman–Crippen LogP) is 10.1. The Morgan fingerprint density at radius 2 is 0.657 bits per heavy atom. The molecular weight excluding hydrogens is 1920 g/mol. The number of methoxy groups -OCH3 is 2. The Hall–Kier alpha value is -12.9. The molecule has 0 saturated carbocycles. The van der Waals surface area contributed by atoms with Gasteiger partial charge in [0.25, 0.3) is 34.4 Å². The summed E-state index contributed by atoms with van der Waals surface area (Å²) in [5.41, 5.74) is -7.25. The summed E-state index contributed by atoms with van der Waals surface area (Å²) in [5.74, 6) is -13.8. The van der Waals surface area contributed by atoms with E-state index in [4.69, 9.17) is 37.9 Å². The number of benzene rings is 6. The van der Waals surface area contributed by atoms with Gasteiger partial charge in [-0.1, -0.05) is 36.4 Å². The molecule has 15 rings (SSSR count). The molecule has 3 aromatic heterocycles. The number of morpholine rings is 3. The second kappa shape index (κ2) is 46.2. The zero-order chi connectivity index (χ0) is 102. The van der Waals surface area contributed by atoms with Crippen LogP contribution in [0.1, 0.15) is 138 Å². The number of aromatic nitrogens is 3. The Bertz CT molecular complexity index is 6210. The van der Waals surface area contributed by atoms with Crippen LogP contribution in [0.25, 0.3) is 33.4 Å². The smallest absolute Gasteiger partial charge is 0.870 e. The van der Waals surface area contributed by atoms with Gasteiger partial charge in [-0.05, 0) is 168 Å². The van der Waals surface area contributed by atoms with Crippen LogP contribution in [0.4, 0.5) is 82.9 Å². The van der Waals surface area contributed by atoms with Crippen molar-refractivity contribution in [2.45, 2.75) is 154 Å². The van der Waals surface area contributed by atoms with Crippen LogP contribution in [0.5, 0.6) is 17.2 Å². The Labute approximate surface area is 820 Å². The van der Waals surface area contributed by atoms with Gasteiger partial charge >= 0.3 is 55.3 Å². The van der Waals surface area contributed by atoms with E-state index in [2.05, 4.69) is 16.0 Å². The van der Waals surface area contributed by atoms with E-state index in [1.54, 1.807) is 14.7 Å². The Morgan fingerprint density at radius 1 is 0.413 bits per heavy atom. The fourth-order valence-corrected chi connectivity index (χ4v) is 18.1. The van der Waals surface area contributed by atoms with E-state index < -0.39 is 174 Å². The molecule has 3 fully saturated rings. The van der Waals surface area contributed by atoms with Gasteiger partial charge in [0.15, 0.2) is 0 Å². The molecule has 6 aliphatic heterocycles. The quantitative estimate of drug-likeness (QED) is 0.0295. The topological polar surface area (TPSA) is 370 Å². The van der Waals surface area contributed by atoms with Crippen molar-refractivity contribution in [1.29, 1.82) is 0 Å². The van der Waals surface area contributed by atoms with Crippen LogP contribution < -0.4 is 80.4 Å². The molecule has 0 spiro atoms. The van der Waals surface area contributed by atoms with Crippen molar-refractivity contribution in [3.63, 3.8) is 0 Å². The minimum Gasteiger partial charge on any atom is -0.870 e. The van der Waals surface area contributed by atoms with Gasteiger partial charge in [0.05, 0.1) is 107 Å². The number of rotatable bonds is 21. The number of aliphatic carboxylic acids is 1. The summed E-state index contributed by atoms with van der Waals surface area (Å²) in [6.07, 6.45) is -13.0. The molecule has 143 heavy (non-hydrogen) atoms. The van der Waals surface area contributed by atoms with Crippen molar-refractivity contribution in [3.05, 3.63) is 241 Å². The zero-order valence-electron chi connectivity index (χ0n) is 79.7. The van der Waals surface area contributed by atoms with Gasteiger partial charge in [0, 0.05) is 129 Å². The van der Waals surface area contributed by atoms with Crippen LogP contribution in [-0.4, -0.2) is 195 Å². The summed E-state index contributed by atoms with van der Waals surface area (Å²) < 4.78 is 265. The fourth-order valence-electron chi connectivity index (χ4n) is 18.1. The maximum absolute atomic E-state index is 15.2. The van der Waals surface area contributed by atoms with Gasteiger partial charge in [-0.2, -0.15) is 39.5 Å². The number of nitrogens with one attached hydrogen (secondary N) is 3. The van der Waals surface area contributed by atoms with E-state index in [0.717, 1.165) is 82.5 Å². The summed E-state index contributed by atoms with van der Waals surface area (Å²) in [6.45, 7) is 13.5. The largest absolute Gasteiger partial charge is 1.00 e. The number of fused-ring (bicyclic) bond motifs is 3. The Kier molecular flexibility index (Phi) is 36.2. The first-order chi connectivity index (χ1) is 66.1. The van der Waals surface area contributed by atoms with Gasteiger partial charge in [-0.3, -0.25) is 28.8 Å². The average Bonchev–Trinajstić information content (AvgIpc) is 0.752. The third-order valence-electron chi connectivity index (χ3n) is 25.6. The van der Waals surface area contributed by atoms with Gasteiger partial charge in [-0.25, -0.2) is 40.7 Å². The Balaban J connectivity index is 0.000000218. The molecule has 766 valence electrons. The van der Waals surface area contributed by atoms with Crippen LogP contribution in [-0.2, 0) is 116 Å². The molecule has 0 bridgehead atoms. The molecule has 3 amide bonds. The number of pyridine rings is 3. The summed E-state index contributed by atoms with van der Waals surface area (Å²) in [7, 11) is 6.25. The number of alkyl halides is 9. The van der Waals surface area contributed by atoms with E-state index in [0.29, 0.717) is 125 Å². The molecule has 0 radical (unpaired) electrons. The number of anilines is 3. The number of carboxylic acids is 1. The minimum atomic E-state index is -4.85. The molecule has 6 aromatic carbocycles. The second-order valence-electron chi connectivity index (χ2n) is 34.7. The molecule has 0 aliphatic carbocycles. The molecule has 0 unspecified atom stereocenters. The van der Waals surface area contributed by atoms with Gasteiger partial charge in [-0.15, -0.1) is 0 Å². The van der Waals surface area contributed by atoms with Crippen molar-refractivity contribution in [1.82, 2.24) is 29.7 Å². The number of hydrogen-bond donors (Lipinski definition) is 4. The van der Waals surface area contributed by atoms with Gasteiger partial charge < -0.3 is 98.3 Å². The number of carbonyl (C=O) groups excluding carboxylic acids is 5. The molecular formula is C98H103F15LiN9O20. The summed E-state index contributed by atoms with van der Waals surface area (Å²) in [6, 6.07) is 12.0. The van der Waals surface area contributed by atoms with E-state index in [9.17, 15) is 87.8 Å². The van der Waals surface area contributed by atoms with Gasteiger partial charge in [0.1, 0.15) is 87.0 Å². The van der Waals surface area contributed by atoms with Crippen molar-refractivity contribution >= 4 is 52.7 Å². The maximum Gasteiger partial charge on any atom is 1.00 e. The number of aryl methyl sites for hydroxylation is 3. The summed E-state index contributed by atoms with van der Waals surface area (Å²) in [5, 5.41) is 16.8. The van der Waals surface area contributed by atoms with Crippen LogP contribution >= 0.6 is 0 Å². The fraction of sp³-hybridized carbons (Fsp3) is 0.418. The molecule has 6 atom stereocenters. The number of amides is 3. The third-order valence-corrected chi connectivity index (χ3v) is 25.6. The van der Waals surface area contributed by atoms with Crippen LogP contribution in [0, 0.1) is 55.7 Å². The van der Waals surface area contributed by atoms with E-state index in [-0.39, 0.29) is 162 Å². The maximum atomic E-state index is 15.2. The first kappa shape index (κ1) is 112. The molecule has 45 heteroatoms. The Morgan fingerprint density at radius 3 is 0.888 bits per heavy atom. The molecule has 9 heterocycles. The first-order valence-corrected chi connectivity index (χ1v) is 44.6. The minimum absolute atomic E-state index is 0. The monoisotopic (exact) mass is 2020 g/mol. The summed E-state index contributed by atoms with van der Waals surface area (Å²) >= 11 is 0. The molecule has 7 N–H and O–H groups in total. The van der Waals surface area contributed by atoms with Gasteiger partial charge in [0.2, 0.25) is 0 Å². The molecule has 9 aromatic rings. The predicted molar refractivity (Wildman–Crippen MR) is 486 cm³/mol. The van der Waals surface area contributed by atoms with Crippen LogP contribution in [0.3, 0.4) is 0 Å². The molecule has 29 nitrogen and oxygen atoms in total. The SMILES string of the molecule is COC(=O)[C@H](Cc1ccc(-c2c(C(F)(F)F)cc(C)n(C)c2=O)c2c1CCCO2)NC(=O)c1c(F)cc(N2CCOC[C@@H]2C)cc1F.COC(=O)[C@H](Cc1ccc(-c2c(C(F)(F)F)cc(C)n(C)c2=O)c2c1CCCO2)NC(=O)c1c(F)cc(N2CCOC[C@@H]2C)cc1F.Cc1cc(C(F)(F)F)c(-c2ccc(C[C@H](NC(=O)c3c(F)cc(N4CCOC[C@@H]4C)cc3F)C(=O)O)c3c2OCCC3)c(=O)n1C.O.[Li+].[OH-]. The standard InChI is InChI=1S/2C33H34F5N3O6.C32H32F5N3O6.Li.2H2O/c2*1-17-12-23(33(36,37)38)27(31(43)40(17)3)22-8-7-19(21-6-5-10-47-29(21)22)13-26(32(44)45-4)39-30(42)28-24(34)14-20(15-25(28)35)41-9-11-46-16-18(41)2;1-16-11-22(32(35,36)37)26(30(42)39(16)3)21-7-6-18(20-5-4-9-46-28(20)21)12-25(31(43)44)38-29(41)27-23(33)13-19(14-24(27)34)40-8-10-45-15-17(40)2;;;/h2*7-8,12,14-15,18,26H,5-6,9-11,13,16H2,1-4H3,(H,39,42);6-7,11,13-14,17,25H,4-5,8-10,12,15H2,1-3H3,(H,38,41)(H,43,44);;2*1H2/q;;;+1;;/p-1/t2*18-,26-;17-,25-;;;/m000.../s1. The number of hydrogen-bond acceptors (Lipinski definition) is 21. The first-order valence-electron chi connectivity index (χ1n) is 44.6. The number of nitrogens with zero attached hydrogens (tertiary/aromatic N) is 6. The number of carbonyl (C=O) groups is 6. The van der Waals surface area contributed by atoms with E-state index in [1.165, 1.54) is 78.3 Å².